The van der Waals surface area contributed by atoms with Crippen molar-refractivity contribution in [2.75, 3.05) is 11.8 Å². The second-order valence-electron chi connectivity index (χ2n) is 3.21. The van der Waals surface area contributed by atoms with E-state index in [0.29, 0.717) is 4.60 Å². The van der Waals surface area contributed by atoms with E-state index in [1.54, 1.807) is 6.07 Å². The molecule has 2 aromatic heterocycles. The molecule has 102 valence electrons. The fraction of sp³-hybridized carbons (Fsp3) is 0.111. The highest BCUT2D eigenvalue weighted by atomic mass is 79.9. The Morgan fingerprint density at radius 2 is 2.11 bits per heavy atom. The van der Waals surface area contributed by atoms with Crippen LogP contribution in [0.4, 0.5) is 5.82 Å². The third kappa shape index (κ3) is 3.44. The molecule has 19 heavy (non-hydrogen) atoms. The van der Waals surface area contributed by atoms with Gasteiger partial charge in [0.15, 0.2) is 0 Å². The van der Waals surface area contributed by atoms with E-state index in [0.717, 1.165) is 15.1 Å². The van der Waals surface area contributed by atoms with Gasteiger partial charge in [-0.15, -0.1) is 11.3 Å². The number of anilines is 1. The standard InChI is InChI=1S/C9H7Br2N3O3S2/c1-17-9-8(12-4-5(10)13-9)14-19(15,16)7-3-2-6(11)18-7/h2-4H,1H3,(H,12,14). The van der Waals surface area contributed by atoms with Gasteiger partial charge in [-0.25, -0.2) is 18.4 Å². The van der Waals surface area contributed by atoms with E-state index in [9.17, 15) is 8.42 Å². The van der Waals surface area contributed by atoms with Gasteiger partial charge in [-0.1, -0.05) is 0 Å². The lowest BCUT2D eigenvalue weighted by molar-refractivity contribution is 0.397. The largest absolute Gasteiger partial charge is 0.478 e. The minimum absolute atomic E-state index is 0.0372. The minimum atomic E-state index is -3.70. The quantitative estimate of drug-likeness (QED) is 0.809. The minimum Gasteiger partial charge on any atom is -0.478 e. The Hall–Kier alpha value is -0.710. The van der Waals surface area contributed by atoms with Crippen LogP contribution >= 0.6 is 43.2 Å². The summed E-state index contributed by atoms with van der Waals surface area (Å²) in [6.45, 7) is 0. The van der Waals surface area contributed by atoms with E-state index in [1.165, 1.54) is 19.4 Å². The third-order valence-electron chi connectivity index (χ3n) is 1.95. The highest BCUT2D eigenvalue weighted by Crippen LogP contribution is 2.29. The average Bonchev–Trinajstić information content (AvgIpc) is 2.79. The first-order chi connectivity index (χ1) is 8.92. The van der Waals surface area contributed by atoms with Crippen LogP contribution < -0.4 is 9.46 Å². The van der Waals surface area contributed by atoms with Crippen LogP contribution in [0.1, 0.15) is 0 Å². The monoisotopic (exact) mass is 427 g/mol. The van der Waals surface area contributed by atoms with E-state index in [4.69, 9.17) is 4.74 Å². The molecule has 2 aromatic rings. The van der Waals surface area contributed by atoms with Gasteiger partial charge in [0, 0.05) is 0 Å². The van der Waals surface area contributed by atoms with Crippen molar-refractivity contribution >= 4 is 59.0 Å². The molecular weight excluding hydrogens is 422 g/mol. The summed E-state index contributed by atoms with van der Waals surface area (Å²) in [6.07, 6.45) is 1.38. The maximum Gasteiger partial charge on any atom is 0.272 e. The van der Waals surface area contributed by atoms with Gasteiger partial charge in [0.25, 0.3) is 15.9 Å². The topological polar surface area (TPSA) is 81.2 Å². The molecule has 1 N–H and O–H groups in total. The van der Waals surface area contributed by atoms with Gasteiger partial charge in [0.1, 0.15) is 8.81 Å². The smallest absolute Gasteiger partial charge is 0.272 e. The first-order valence-corrected chi connectivity index (χ1v) is 8.65. The lowest BCUT2D eigenvalue weighted by Gasteiger charge is -2.08. The molecule has 0 spiro atoms. The second kappa shape index (κ2) is 5.73. The van der Waals surface area contributed by atoms with Crippen LogP contribution in [0.15, 0.2) is 30.9 Å². The SMILES string of the molecule is COc1nc(Br)cnc1NS(=O)(=O)c1ccc(Br)s1. The zero-order chi connectivity index (χ0) is 14.0. The van der Waals surface area contributed by atoms with Crippen LogP contribution in [0, 0.1) is 0 Å². The van der Waals surface area contributed by atoms with Gasteiger partial charge >= 0.3 is 0 Å². The van der Waals surface area contributed by atoms with Crippen molar-refractivity contribution in [2.45, 2.75) is 4.21 Å². The molecule has 0 atom stereocenters. The Kier molecular flexibility index (Phi) is 4.43. The first kappa shape index (κ1) is 14.7. The van der Waals surface area contributed by atoms with Crippen LogP contribution in [-0.4, -0.2) is 25.5 Å². The Morgan fingerprint density at radius 1 is 1.37 bits per heavy atom. The Morgan fingerprint density at radius 3 is 2.68 bits per heavy atom. The number of hydrogen-bond acceptors (Lipinski definition) is 6. The van der Waals surface area contributed by atoms with Crippen molar-refractivity contribution in [3.05, 3.63) is 26.7 Å². The van der Waals surface area contributed by atoms with E-state index >= 15 is 0 Å². The molecule has 0 bridgehead atoms. The molecule has 6 nitrogen and oxygen atoms in total. The molecular formula is C9H7Br2N3O3S2. The van der Waals surface area contributed by atoms with E-state index in [1.807, 2.05) is 0 Å². The molecule has 0 saturated carbocycles. The van der Waals surface area contributed by atoms with Crippen molar-refractivity contribution in [1.82, 2.24) is 9.97 Å². The van der Waals surface area contributed by atoms with Crippen molar-refractivity contribution < 1.29 is 13.2 Å². The number of rotatable bonds is 4. The van der Waals surface area contributed by atoms with Crippen LogP contribution in [0.3, 0.4) is 0 Å². The number of methoxy groups -OCH3 is 1. The zero-order valence-electron chi connectivity index (χ0n) is 9.42. The molecule has 0 fully saturated rings. The molecule has 0 aliphatic heterocycles. The second-order valence-corrected chi connectivity index (χ2v) is 8.40. The van der Waals surface area contributed by atoms with Crippen LogP contribution in [0.25, 0.3) is 0 Å². The average molecular weight is 429 g/mol. The summed E-state index contributed by atoms with van der Waals surface area (Å²) in [5.41, 5.74) is 0. The lowest BCUT2D eigenvalue weighted by Crippen LogP contribution is -2.14. The molecule has 2 rings (SSSR count). The summed E-state index contributed by atoms with van der Waals surface area (Å²) in [6, 6.07) is 3.15. The highest BCUT2D eigenvalue weighted by molar-refractivity contribution is 9.11. The van der Waals surface area contributed by atoms with E-state index < -0.39 is 10.0 Å². The number of hydrogen-bond donors (Lipinski definition) is 1. The molecule has 0 aromatic carbocycles. The number of halogens is 2. The number of nitrogens with zero attached hydrogens (tertiary/aromatic N) is 2. The Labute approximate surface area is 130 Å². The zero-order valence-corrected chi connectivity index (χ0v) is 14.2. The summed E-state index contributed by atoms with van der Waals surface area (Å²) in [5, 5.41) is 0. The van der Waals surface area contributed by atoms with Crippen molar-refractivity contribution in [1.29, 1.82) is 0 Å². The lowest BCUT2D eigenvalue weighted by atomic mass is 10.6. The summed E-state index contributed by atoms with van der Waals surface area (Å²) < 4.78 is 32.9. The predicted molar refractivity (Wildman–Crippen MR) is 79.1 cm³/mol. The third-order valence-corrected chi connectivity index (χ3v) is 5.79. The maximum atomic E-state index is 12.1. The number of sulfonamides is 1. The number of ether oxygens (including phenoxy) is 1. The maximum absolute atomic E-state index is 12.1. The predicted octanol–water partition coefficient (Wildman–Crippen LogP) is 2.87. The first-order valence-electron chi connectivity index (χ1n) is 4.77. The van der Waals surface area contributed by atoms with Crippen LogP contribution in [0.2, 0.25) is 0 Å². The molecule has 2 heterocycles. The van der Waals surface area contributed by atoms with Gasteiger partial charge in [0.05, 0.1) is 17.1 Å². The Balaban J connectivity index is 2.35. The van der Waals surface area contributed by atoms with Gasteiger partial charge in [0.2, 0.25) is 5.82 Å². The molecule has 0 unspecified atom stereocenters. The van der Waals surface area contributed by atoms with Gasteiger partial charge in [-0.3, -0.25) is 4.72 Å². The number of thiophene rings is 1. The Bertz CT molecular complexity index is 702. The highest BCUT2D eigenvalue weighted by Gasteiger charge is 2.20. The van der Waals surface area contributed by atoms with Crippen molar-refractivity contribution in [2.24, 2.45) is 0 Å². The fourth-order valence-corrected chi connectivity index (χ4v) is 4.46. The van der Waals surface area contributed by atoms with Gasteiger partial charge in [-0.2, -0.15) is 0 Å². The summed E-state index contributed by atoms with van der Waals surface area (Å²) in [4.78, 5) is 7.91. The fourth-order valence-electron chi connectivity index (χ4n) is 1.18. The molecule has 0 aliphatic rings. The number of nitrogens with one attached hydrogen (secondary N) is 1. The number of aromatic nitrogens is 2. The molecule has 0 amide bonds. The summed E-state index contributed by atoms with van der Waals surface area (Å²) in [5.74, 6) is 0.129. The van der Waals surface area contributed by atoms with E-state index in [-0.39, 0.29) is 15.9 Å². The normalized spacial score (nSPS) is 11.3. The molecule has 0 saturated heterocycles. The van der Waals surface area contributed by atoms with Gasteiger partial charge in [-0.05, 0) is 44.0 Å². The van der Waals surface area contributed by atoms with Gasteiger partial charge < -0.3 is 4.74 Å². The van der Waals surface area contributed by atoms with E-state index in [2.05, 4.69) is 46.5 Å². The van der Waals surface area contributed by atoms with Crippen molar-refractivity contribution in [3.63, 3.8) is 0 Å². The summed E-state index contributed by atoms with van der Waals surface area (Å²) >= 11 is 7.44. The van der Waals surface area contributed by atoms with Crippen LogP contribution in [0.5, 0.6) is 5.88 Å². The molecule has 0 radical (unpaired) electrons. The molecule has 10 heteroatoms. The summed E-state index contributed by atoms with van der Waals surface area (Å²) in [7, 11) is -2.31. The van der Waals surface area contributed by atoms with Crippen LogP contribution in [-0.2, 0) is 10.0 Å². The molecule has 0 aliphatic carbocycles. The van der Waals surface area contributed by atoms with Crippen molar-refractivity contribution in [3.8, 4) is 5.88 Å².